The number of aromatic nitrogens is 1. The second kappa shape index (κ2) is 9.41. The molecule has 2 aliphatic carbocycles. The number of nitrogens with zero attached hydrogens (tertiary/aromatic N) is 2. The fraction of sp³-hybridized carbons (Fsp3) is 0.538. The molecular weight excluding hydrogens is 495 g/mol. The molecule has 1 aliphatic heterocycles. The van der Waals surface area contributed by atoms with Gasteiger partial charge in [0, 0.05) is 36.5 Å². The number of rotatable bonds is 8. The number of fused-ring (bicyclic) bond motifs is 2. The molecule has 2 heterocycles. The zero-order valence-corrected chi connectivity index (χ0v) is 20.5. The molecule has 6 nitrogen and oxygen atoms in total. The van der Waals surface area contributed by atoms with Gasteiger partial charge in [-0.2, -0.15) is 0 Å². The van der Waals surface area contributed by atoms with Crippen LogP contribution in [0.15, 0.2) is 35.3 Å². The standard InChI is InChI=1S/C26H29F5N4O2/c1-13(16-4-3-5-17(22(16)27)23(28)29)32-24(37)18-12-35(26(6-7-26)25(30)31)21(36)10-20(18)33-19-9-15-8-14(19)11-34(15)2/h3-5,10,12-15,19,23,25,33H,6-9,11H2,1-2H3,(H,32,37)/t13-,14+,15+,19-/m1/s1. The Labute approximate surface area is 210 Å². The van der Waals surface area contributed by atoms with Gasteiger partial charge in [-0.15, -0.1) is 0 Å². The van der Waals surface area contributed by atoms with Crippen molar-refractivity contribution in [1.29, 1.82) is 0 Å². The van der Waals surface area contributed by atoms with Gasteiger partial charge in [-0.3, -0.25) is 9.59 Å². The number of anilines is 1. The quantitative estimate of drug-likeness (QED) is 0.493. The van der Waals surface area contributed by atoms with Crippen LogP contribution < -0.4 is 16.2 Å². The normalized spacial score (nSPS) is 25.1. The molecule has 0 spiro atoms. The summed E-state index contributed by atoms with van der Waals surface area (Å²) in [5, 5.41) is 5.90. The molecule has 5 rings (SSSR count). The van der Waals surface area contributed by atoms with Gasteiger partial charge >= 0.3 is 0 Å². The van der Waals surface area contributed by atoms with Crippen LogP contribution in [0.1, 0.15) is 66.6 Å². The van der Waals surface area contributed by atoms with Gasteiger partial charge in [0.05, 0.1) is 22.9 Å². The highest BCUT2D eigenvalue weighted by Gasteiger charge is 2.54. The second-order valence-electron chi connectivity index (χ2n) is 10.5. The molecule has 2 N–H and O–H groups in total. The molecule has 37 heavy (non-hydrogen) atoms. The molecule has 3 aliphatic rings. The van der Waals surface area contributed by atoms with Crippen LogP contribution in [0.4, 0.5) is 27.6 Å². The van der Waals surface area contributed by atoms with Crippen LogP contribution in [0.5, 0.6) is 0 Å². The summed E-state index contributed by atoms with van der Waals surface area (Å²) < 4.78 is 69.6. The largest absolute Gasteiger partial charge is 0.381 e. The number of hydrogen-bond donors (Lipinski definition) is 2. The third-order valence-electron chi connectivity index (χ3n) is 8.21. The number of likely N-dealkylation sites (tertiary alicyclic amines) is 1. The Hall–Kier alpha value is -2.95. The number of alkyl halides is 4. The lowest BCUT2D eigenvalue weighted by molar-refractivity contribution is 0.0648. The number of carbonyl (C=O) groups is 1. The molecule has 0 radical (unpaired) electrons. The maximum absolute atomic E-state index is 14.7. The highest BCUT2D eigenvalue weighted by molar-refractivity contribution is 5.99. The maximum atomic E-state index is 14.7. The summed E-state index contributed by atoms with van der Waals surface area (Å²) in [6.07, 6.45) is -2.64. The van der Waals surface area contributed by atoms with Gasteiger partial charge in [0.15, 0.2) is 0 Å². The molecule has 1 aromatic heterocycles. The van der Waals surface area contributed by atoms with Crippen LogP contribution in [-0.2, 0) is 5.54 Å². The first-order valence-corrected chi connectivity index (χ1v) is 12.4. The first kappa shape index (κ1) is 25.7. The van der Waals surface area contributed by atoms with E-state index in [1.165, 1.54) is 25.1 Å². The van der Waals surface area contributed by atoms with Crippen molar-refractivity contribution in [3.63, 3.8) is 0 Å². The first-order valence-electron chi connectivity index (χ1n) is 12.4. The van der Waals surface area contributed by atoms with Crippen molar-refractivity contribution in [3.8, 4) is 0 Å². The van der Waals surface area contributed by atoms with Crippen LogP contribution in [0.2, 0.25) is 0 Å². The van der Waals surface area contributed by atoms with E-state index in [0.29, 0.717) is 12.0 Å². The number of halogens is 5. The molecule has 2 bridgehead atoms. The molecular formula is C26H29F5N4O2. The lowest BCUT2D eigenvalue weighted by Crippen LogP contribution is -2.40. The van der Waals surface area contributed by atoms with E-state index < -0.39 is 47.3 Å². The van der Waals surface area contributed by atoms with Gasteiger partial charge in [-0.1, -0.05) is 18.2 Å². The summed E-state index contributed by atoms with van der Waals surface area (Å²) in [6, 6.07) is 4.12. The van der Waals surface area contributed by atoms with E-state index >= 15 is 0 Å². The number of hydrogen-bond acceptors (Lipinski definition) is 4. The highest BCUT2D eigenvalue weighted by atomic mass is 19.3. The Kier molecular flexibility index (Phi) is 6.54. The van der Waals surface area contributed by atoms with E-state index in [1.54, 1.807) is 0 Å². The number of carbonyl (C=O) groups excluding carboxylic acids is 1. The van der Waals surface area contributed by atoms with E-state index in [2.05, 4.69) is 15.5 Å². The number of pyridine rings is 1. The van der Waals surface area contributed by atoms with Crippen LogP contribution in [0, 0.1) is 11.7 Å². The molecule has 1 saturated heterocycles. The Bertz CT molecular complexity index is 1260. The molecule has 200 valence electrons. The van der Waals surface area contributed by atoms with Gasteiger partial charge in [-0.25, -0.2) is 22.0 Å². The van der Waals surface area contributed by atoms with E-state index in [-0.39, 0.29) is 35.7 Å². The predicted octanol–water partition coefficient (Wildman–Crippen LogP) is 4.67. The summed E-state index contributed by atoms with van der Waals surface area (Å²) >= 11 is 0. The Morgan fingerprint density at radius 1 is 1.14 bits per heavy atom. The van der Waals surface area contributed by atoms with Crippen molar-refractivity contribution in [3.05, 3.63) is 63.3 Å². The van der Waals surface area contributed by atoms with Crippen molar-refractivity contribution in [2.75, 3.05) is 18.9 Å². The fourth-order valence-electron chi connectivity index (χ4n) is 5.85. The summed E-state index contributed by atoms with van der Waals surface area (Å²) in [5.74, 6) is -1.53. The van der Waals surface area contributed by atoms with Crippen molar-refractivity contribution in [2.45, 2.75) is 69.1 Å². The smallest absolute Gasteiger partial charge is 0.266 e. The van der Waals surface area contributed by atoms with E-state index in [1.807, 2.05) is 7.05 Å². The Balaban J connectivity index is 1.47. The van der Waals surface area contributed by atoms with Gasteiger partial charge < -0.3 is 20.1 Å². The summed E-state index contributed by atoms with van der Waals surface area (Å²) in [6.45, 7) is 2.31. The third kappa shape index (κ3) is 4.51. The minimum absolute atomic E-state index is 0.00516. The van der Waals surface area contributed by atoms with E-state index in [0.717, 1.165) is 36.2 Å². The lowest BCUT2D eigenvalue weighted by atomic mass is 10.0. The number of nitrogens with one attached hydrogen (secondary N) is 2. The average molecular weight is 525 g/mol. The molecule has 3 fully saturated rings. The maximum Gasteiger partial charge on any atom is 0.266 e. The molecule has 11 heteroatoms. The average Bonchev–Trinajstić information content (AvgIpc) is 3.44. The minimum Gasteiger partial charge on any atom is -0.381 e. The summed E-state index contributed by atoms with van der Waals surface area (Å²) in [7, 11) is 2.05. The lowest BCUT2D eigenvalue weighted by Gasteiger charge is -2.30. The molecule has 2 saturated carbocycles. The highest BCUT2D eigenvalue weighted by Crippen LogP contribution is 2.48. The van der Waals surface area contributed by atoms with Crippen LogP contribution in [0.3, 0.4) is 0 Å². The van der Waals surface area contributed by atoms with Crippen molar-refractivity contribution < 1.29 is 26.7 Å². The second-order valence-corrected chi connectivity index (χ2v) is 10.5. The SMILES string of the molecule is C[C@@H](NC(=O)c1cn(C2(C(F)F)CC2)c(=O)cc1N[C@@H]1C[C@@H]2C[C@H]1CN2C)c1cccc(C(F)F)c1F. The van der Waals surface area contributed by atoms with Gasteiger partial charge in [-0.05, 0) is 45.6 Å². The number of benzene rings is 1. The summed E-state index contributed by atoms with van der Waals surface area (Å²) in [4.78, 5) is 28.6. The van der Waals surface area contributed by atoms with Crippen molar-refractivity contribution in [2.24, 2.45) is 5.92 Å². The molecule has 2 aromatic rings. The Morgan fingerprint density at radius 3 is 2.41 bits per heavy atom. The molecule has 4 atom stereocenters. The fourth-order valence-corrected chi connectivity index (χ4v) is 5.85. The third-order valence-corrected chi connectivity index (χ3v) is 8.21. The molecule has 0 unspecified atom stereocenters. The van der Waals surface area contributed by atoms with Gasteiger partial charge in [0.25, 0.3) is 24.3 Å². The monoisotopic (exact) mass is 524 g/mol. The van der Waals surface area contributed by atoms with Crippen LogP contribution >= 0.6 is 0 Å². The minimum atomic E-state index is -3.02. The first-order chi connectivity index (χ1) is 17.5. The summed E-state index contributed by atoms with van der Waals surface area (Å²) in [5.41, 5.74) is -3.00. The van der Waals surface area contributed by atoms with Gasteiger partial charge in [0.2, 0.25) is 0 Å². The van der Waals surface area contributed by atoms with Crippen molar-refractivity contribution in [1.82, 2.24) is 14.8 Å². The van der Waals surface area contributed by atoms with E-state index in [4.69, 9.17) is 0 Å². The number of amides is 1. The van der Waals surface area contributed by atoms with Gasteiger partial charge in [0.1, 0.15) is 11.4 Å². The Morgan fingerprint density at radius 2 is 1.84 bits per heavy atom. The predicted molar refractivity (Wildman–Crippen MR) is 128 cm³/mol. The zero-order chi connectivity index (χ0) is 26.6. The zero-order valence-electron chi connectivity index (χ0n) is 20.5. The molecule has 1 aromatic carbocycles. The van der Waals surface area contributed by atoms with Crippen LogP contribution in [-0.4, -0.2) is 47.5 Å². The van der Waals surface area contributed by atoms with Crippen LogP contribution in [0.25, 0.3) is 0 Å². The molecule has 1 amide bonds. The van der Waals surface area contributed by atoms with Crippen molar-refractivity contribution >= 4 is 11.6 Å². The van der Waals surface area contributed by atoms with E-state index in [9.17, 15) is 31.5 Å². The topological polar surface area (TPSA) is 66.4 Å². The number of piperidine rings is 1.